The first-order chi connectivity index (χ1) is 14.6. The molecule has 0 radical (unpaired) electrons. The van der Waals surface area contributed by atoms with Crippen LogP contribution in [0.15, 0.2) is 47.1 Å². The number of rotatable bonds is 5. The van der Waals surface area contributed by atoms with Crippen molar-refractivity contribution in [2.24, 2.45) is 5.92 Å². The van der Waals surface area contributed by atoms with Gasteiger partial charge in [0.1, 0.15) is 11.6 Å². The summed E-state index contributed by atoms with van der Waals surface area (Å²) in [5.41, 5.74) is 6.68. The first-order valence-electron chi connectivity index (χ1n) is 9.83. The number of nitrogen functional groups attached to an aromatic ring is 1. The number of anilines is 1. The molecule has 4 rings (SSSR count). The van der Waals surface area contributed by atoms with Crippen LogP contribution in [0.5, 0.6) is 0 Å². The van der Waals surface area contributed by atoms with Crippen molar-refractivity contribution in [2.45, 2.75) is 26.0 Å². The van der Waals surface area contributed by atoms with E-state index in [-0.39, 0.29) is 24.5 Å². The third-order valence-corrected chi connectivity index (χ3v) is 5.13. The summed E-state index contributed by atoms with van der Waals surface area (Å²) in [5.74, 6) is 0.867. The fourth-order valence-electron chi connectivity index (χ4n) is 3.48. The number of carbonyl (C=O) groups excluding carboxylic acids is 2. The van der Waals surface area contributed by atoms with Gasteiger partial charge in [-0.05, 0) is 37.1 Å². The number of nitrogens with one attached hydrogen (secondary N) is 1. The lowest BCUT2D eigenvalue weighted by molar-refractivity contribution is -0.151. The number of urea groups is 1. The first kappa shape index (κ1) is 19.7. The molecule has 1 fully saturated rings. The van der Waals surface area contributed by atoms with Gasteiger partial charge in [0.2, 0.25) is 0 Å². The van der Waals surface area contributed by atoms with Gasteiger partial charge >= 0.3 is 12.0 Å². The summed E-state index contributed by atoms with van der Waals surface area (Å²) in [6.45, 7) is 1.28. The van der Waals surface area contributed by atoms with Gasteiger partial charge in [0.25, 0.3) is 0 Å². The van der Waals surface area contributed by atoms with Crippen LogP contribution >= 0.6 is 0 Å². The maximum Gasteiger partial charge on any atom is 0.317 e. The molecular formula is C21H23N5O4. The molecule has 156 valence electrons. The van der Waals surface area contributed by atoms with E-state index >= 15 is 0 Å². The van der Waals surface area contributed by atoms with E-state index in [0.717, 1.165) is 5.39 Å². The largest absolute Gasteiger partial charge is 0.467 e. The van der Waals surface area contributed by atoms with Gasteiger partial charge in [-0.1, -0.05) is 12.1 Å². The third kappa shape index (κ3) is 4.51. The molecule has 2 amide bonds. The zero-order chi connectivity index (χ0) is 20.9. The number of esters is 1. The van der Waals surface area contributed by atoms with Crippen LogP contribution in [0.1, 0.15) is 24.4 Å². The molecule has 1 saturated heterocycles. The van der Waals surface area contributed by atoms with Gasteiger partial charge in [0.15, 0.2) is 12.4 Å². The number of fused-ring (bicyclic) bond motifs is 1. The summed E-state index contributed by atoms with van der Waals surface area (Å²) in [4.78, 5) is 35.0. The number of para-hydroxylation sites is 1. The molecular weight excluding hydrogens is 386 g/mol. The SMILES string of the molecule is Nc1nc(COC(=O)C2CCN(C(=O)NCc3ccco3)CC2)nc2ccccc12. The van der Waals surface area contributed by atoms with Crippen LogP contribution < -0.4 is 11.1 Å². The Morgan fingerprint density at radius 2 is 1.97 bits per heavy atom. The molecule has 3 aromatic rings. The molecule has 30 heavy (non-hydrogen) atoms. The number of furan rings is 1. The maximum atomic E-state index is 12.4. The number of amides is 2. The Hall–Kier alpha value is -3.62. The summed E-state index contributed by atoms with van der Waals surface area (Å²) in [6.07, 6.45) is 2.66. The van der Waals surface area contributed by atoms with Crippen LogP contribution in [0, 0.1) is 5.92 Å². The number of likely N-dealkylation sites (tertiary alicyclic amines) is 1. The molecule has 0 bridgehead atoms. The number of nitrogens with zero attached hydrogens (tertiary/aromatic N) is 3. The van der Waals surface area contributed by atoms with Crippen LogP contribution in [0.25, 0.3) is 10.9 Å². The van der Waals surface area contributed by atoms with Gasteiger partial charge in [-0.2, -0.15) is 0 Å². The van der Waals surface area contributed by atoms with E-state index in [1.807, 2.05) is 24.3 Å². The lowest BCUT2D eigenvalue weighted by atomic mass is 9.97. The van der Waals surface area contributed by atoms with Crippen molar-refractivity contribution in [3.05, 3.63) is 54.2 Å². The number of piperidine rings is 1. The van der Waals surface area contributed by atoms with Gasteiger partial charge in [-0.25, -0.2) is 14.8 Å². The summed E-state index contributed by atoms with van der Waals surface area (Å²) >= 11 is 0. The average molecular weight is 409 g/mol. The third-order valence-electron chi connectivity index (χ3n) is 5.13. The number of carbonyl (C=O) groups is 2. The van der Waals surface area contributed by atoms with Gasteiger partial charge in [-0.15, -0.1) is 0 Å². The Morgan fingerprint density at radius 3 is 2.73 bits per heavy atom. The van der Waals surface area contributed by atoms with Crippen molar-refractivity contribution in [1.29, 1.82) is 0 Å². The van der Waals surface area contributed by atoms with Crippen molar-refractivity contribution < 1.29 is 18.7 Å². The van der Waals surface area contributed by atoms with E-state index in [1.54, 1.807) is 23.3 Å². The Labute approximate surface area is 173 Å². The molecule has 1 aliphatic heterocycles. The highest BCUT2D eigenvalue weighted by molar-refractivity contribution is 5.87. The summed E-state index contributed by atoms with van der Waals surface area (Å²) in [5, 5.41) is 3.58. The molecule has 3 N–H and O–H groups in total. The second-order valence-corrected chi connectivity index (χ2v) is 7.15. The molecule has 0 spiro atoms. The molecule has 2 aromatic heterocycles. The normalized spacial score (nSPS) is 14.6. The molecule has 0 saturated carbocycles. The van der Waals surface area contributed by atoms with Gasteiger partial charge in [-0.3, -0.25) is 4.79 Å². The van der Waals surface area contributed by atoms with Crippen molar-refractivity contribution in [1.82, 2.24) is 20.2 Å². The Morgan fingerprint density at radius 1 is 1.17 bits per heavy atom. The summed E-state index contributed by atoms with van der Waals surface area (Å²) in [7, 11) is 0. The zero-order valence-electron chi connectivity index (χ0n) is 16.4. The lowest BCUT2D eigenvalue weighted by Gasteiger charge is -2.30. The quantitative estimate of drug-likeness (QED) is 0.620. The topological polar surface area (TPSA) is 124 Å². The number of ether oxygens (including phenoxy) is 1. The van der Waals surface area contributed by atoms with Crippen LogP contribution in [0.4, 0.5) is 10.6 Å². The number of aromatic nitrogens is 2. The molecule has 0 atom stereocenters. The Bertz CT molecular complexity index is 1030. The standard InChI is InChI=1S/C21H23N5O4/c22-19-16-5-1-2-6-17(16)24-18(25-19)13-30-20(27)14-7-9-26(10-8-14)21(28)23-12-15-4-3-11-29-15/h1-6,11,14H,7-10,12-13H2,(H,23,28)(H2,22,24,25). The minimum atomic E-state index is -0.305. The van der Waals surface area contributed by atoms with E-state index in [0.29, 0.717) is 55.4 Å². The van der Waals surface area contributed by atoms with E-state index in [9.17, 15) is 9.59 Å². The molecule has 3 heterocycles. The first-order valence-corrected chi connectivity index (χ1v) is 9.83. The smallest absolute Gasteiger partial charge is 0.317 e. The Balaban J connectivity index is 1.25. The van der Waals surface area contributed by atoms with E-state index in [2.05, 4.69) is 15.3 Å². The van der Waals surface area contributed by atoms with Gasteiger partial charge < -0.3 is 25.1 Å². The Kier molecular flexibility index (Phi) is 5.78. The predicted molar refractivity (Wildman–Crippen MR) is 109 cm³/mol. The number of nitrogens with two attached hydrogens (primary N) is 1. The molecule has 1 aromatic carbocycles. The van der Waals surface area contributed by atoms with Crippen LogP contribution in [0.3, 0.4) is 0 Å². The van der Waals surface area contributed by atoms with Crippen LogP contribution in [0.2, 0.25) is 0 Å². The maximum absolute atomic E-state index is 12.4. The van der Waals surface area contributed by atoms with Crippen molar-refractivity contribution in [2.75, 3.05) is 18.8 Å². The lowest BCUT2D eigenvalue weighted by Crippen LogP contribution is -2.45. The van der Waals surface area contributed by atoms with Crippen molar-refractivity contribution in [3.8, 4) is 0 Å². The molecule has 9 heteroatoms. The second kappa shape index (κ2) is 8.81. The highest BCUT2D eigenvalue weighted by Gasteiger charge is 2.28. The second-order valence-electron chi connectivity index (χ2n) is 7.15. The fraction of sp³-hybridized carbons (Fsp3) is 0.333. The highest BCUT2D eigenvalue weighted by Crippen LogP contribution is 2.21. The van der Waals surface area contributed by atoms with Gasteiger partial charge in [0, 0.05) is 18.5 Å². The minimum absolute atomic E-state index is 0.0300. The molecule has 1 aliphatic rings. The van der Waals surface area contributed by atoms with E-state index in [1.165, 1.54) is 0 Å². The minimum Gasteiger partial charge on any atom is -0.467 e. The molecule has 9 nitrogen and oxygen atoms in total. The van der Waals surface area contributed by atoms with Crippen molar-refractivity contribution >= 4 is 28.7 Å². The van der Waals surface area contributed by atoms with E-state index < -0.39 is 0 Å². The number of hydrogen-bond donors (Lipinski definition) is 2. The van der Waals surface area contributed by atoms with E-state index in [4.69, 9.17) is 14.9 Å². The predicted octanol–water partition coefficient (Wildman–Crippen LogP) is 2.47. The molecule has 0 unspecified atom stereocenters. The molecule has 0 aliphatic carbocycles. The average Bonchev–Trinajstić information content (AvgIpc) is 3.30. The summed E-state index contributed by atoms with van der Waals surface area (Å²) in [6, 6.07) is 10.8. The van der Waals surface area contributed by atoms with Crippen LogP contribution in [-0.2, 0) is 22.7 Å². The fourth-order valence-corrected chi connectivity index (χ4v) is 3.48. The summed E-state index contributed by atoms with van der Waals surface area (Å²) < 4.78 is 10.6. The zero-order valence-corrected chi connectivity index (χ0v) is 16.4. The monoisotopic (exact) mass is 409 g/mol. The number of benzene rings is 1. The number of hydrogen-bond acceptors (Lipinski definition) is 7. The highest BCUT2D eigenvalue weighted by atomic mass is 16.5. The van der Waals surface area contributed by atoms with Crippen LogP contribution in [-0.4, -0.2) is 40.0 Å². The van der Waals surface area contributed by atoms with Crippen molar-refractivity contribution in [3.63, 3.8) is 0 Å². The van der Waals surface area contributed by atoms with Gasteiger partial charge in [0.05, 0.1) is 24.2 Å².